The summed E-state index contributed by atoms with van der Waals surface area (Å²) in [7, 11) is 1.62. The van der Waals surface area contributed by atoms with E-state index in [1.807, 2.05) is 29.2 Å². The van der Waals surface area contributed by atoms with Crippen molar-refractivity contribution < 1.29 is 9.53 Å². The Morgan fingerprint density at radius 3 is 2.46 bits per heavy atom. The summed E-state index contributed by atoms with van der Waals surface area (Å²) in [6.45, 7) is 8.03. The van der Waals surface area contributed by atoms with E-state index in [9.17, 15) is 4.79 Å². The molecule has 1 heterocycles. The maximum atomic E-state index is 13.5. The zero-order valence-electron chi connectivity index (χ0n) is 21.8. The number of ether oxygens (including phenoxy) is 1. The van der Waals surface area contributed by atoms with Gasteiger partial charge in [-0.1, -0.05) is 70.7 Å². The van der Waals surface area contributed by atoms with E-state index < -0.39 is 0 Å². The molecule has 0 atom stereocenters. The third-order valence-electron chi connectivity index (χ3n) is 6.42. The van der Waals surface area contributed by atoms with Gasteiger partial charge >= 0.3 is 6.03 Å². The standard InChI is InChI=1S/C30H41N3O2/c1-5-6-7-8-9-21-33(22-25-16-14-24(15-17-25)13-12-23(2)3)30(34)32-29-26-11-10-20-31-27(26)18-19-28(29)35-4/h10-11,14-20,23H,5-9,12-13,21-22H2,1-4H3,(H,32,34). The molecule has 0 aliphatic rings. The van der Waals surface area contributed by atoms with Crippen molar-refractivity contribution in [2.45, 2.75) is 72.3 Å². The van der Waals surface area contributed by atoms with Crippen LogP contribution >= 0.6 is 0 Å². The number of anilines is 1. The molecular formula is C30H41N3O2. The molecule has 0 bridgehead atoms. The highest BCUT2D eigenvalue weighted by molar-refractivity contribution is 6.03. The first kappa shape index (κ1) is 26.5. The van der Waals surface area contributed by atoms with E-state index in [0.29, 0.717) is 23.9 Å². The number of carbonyl (C=O) groups is 1. The smallest absolute Gasteiger partial charge is 0.322 e. The number of pyridine rings is 1. The van der Waals surface area contributed by atoms with Gasteiger partial charge in [0.25, 0.3) is 0 Å². The lowest BCUT2D eigenvalue weighted by atomic mass is 10.0. The fourth-order valence-electron chi connectivity index (χ4n) is 4.26. The first-order valence-corrected chi connectivity index (χ1v) is 13.1. The molecule has 2 aromatic carbocycles. The van der Waals surface area contributed by atoms with Gasteiger partial charge in [0.15, 0.2) is 0 Å². The Balaban J connectivity index is 1.76. The number of fused-ring (bicyclic) bond motifs is 1. The quantitative estimate of drug-likeness (QED) is 0.256. The number of amides is 2. The van der Waals surface area contributed by atoms with E-state index in [1.165, 1.54) is 31.2 Å². The Labute approximate surface area is 210 Å². The van der Waals surface area contributed by atoms with Gasteiger partial charge in [0.2, 0.25) is 0 Å². The first-order chi connectivity index (χ1) is 17.0. The van der Waals surface area contributed by atoms with Crippen molar-refractivity contribution in [3.63, 3.8) is 0 Å². The van der Waals surface area contributed by atoms with Gasteiger partial charge in [0, 0.05) is 24.7 Å². The number of hydrogen-bond acceptors (Lipinski definition) is 3. The number of rotatable bonds is 13. The fourth-order valence-corrected chi connectivity index (χ4v) is 4.26. The van der Waals surface area contributed by atoms with Gasteiger partial charge in [-0.3, -0.25) is 4.98 Å². The van der Waals surface area contributed by atoms with Gasteiger partial charge in [0.05, 0.1) is 18.3 Å². The minimum absolute atomic E-state index is 0.112. The van der Waals surface area contributed by atoms with E-state index in [-0.39, 0.29) is 6.03 Å². The van der Waals surface area contributed by atoms with Gasteiger partial charge in [-0.2, -0.15) is 0 Å². The molecule has 5 heteroatoms. The van der Waals surface area contributed by atoms with Crippen molar-refractivity contribution in [3.05, 3.63) is 65.9 Å². The van der Waals surface area contributed by atoms with Crippen LogP contribution in [0.25, 0.3) is 10.9 Å². The van der Waals surface area contributed by atoms with E-state index in [1.54, 1.807) is 13.3 Å². The number of benzene rings is 2. The SMILES string of the molecule is CCCCCCCN(Cc1ccc(CCC(C)C)cc1)C(=O)Nc1c(OC)ccc2ncccc12. The topological polar surface area (TPSA) is 54.5 Å². The monoisotopic (exact) mass is 475 g/mol. The summed E-state index contributed by atoms with van der Waals surface area (Å²) in [5.41, 5.74) is 3.99. The molecule has 35 heavy (non-hydrogen) atoms. The molecule has 0 aliphatic carbocycles. The molecule has 3 aromatic rings. The number of carbonyl (C=O) groups excluding carboxylic acids is 1. The highest BCUT2D eigenvalue weighted by Gasteiger charge is 2.18. The van der Waals surface area contributed by atoms with Gasteiger partial charge < -0.3 is 15.0 Å². The van der Waals surface area contributed by atoms with Crippen molar-refractivity contribution in [2.24, 2.45) is 5.92 Å². The van der Waals surface area contributed by atoms with E-state index in [4.69, 9.17) is 4.74 Å². The Hall–Kier alpha value is -3.08. The van der Waals surface area contributed by atoms with Crippen LogP contribution < -0.4 is 10.1 Å². The van der Waals surface area contributed by atoms with Crippen LogP contribution in [0, 0.1) is 5.92 Å². The summed E-state index contributed by atoms with van der Waals surface area (Å²) in [6.07, 6.45) is 9.82. The Bertz CT molecular complexity index is 1060. The molecule has 0 fully saturated rings. The summed E-state index contributed by atoms with van der Waals surface area (Å²) >= 11 is 0. The lowest BCUT2D eigenvalue weighted by Crippen LogP contribution is -2.35. The number of methoxy groups -OCH3 is 1. The minimum Gasteiger partial charge on any atom is -0.495 e. The van der Waals surface area contributed by atoms with Crippen molar-refractivity contribution in [3.8, 4) is 5.75 Å². The van der Waals surface area contributed by atoms with Crippen LogP contribution in [-0.4, -0.2) is 29.6 Å². The predicted octanol–water partition coefficient (Wildman–Crippen LogP) is 7.84. The van der Waals surface area contributed by atoms with Crippen LogP contribution in [0.15, 0.2) is 54.7 Å². The fraction of sp³-hybridized carbons (Fsp3) is 0.467. The van der Waals surface area contributed by atoms with E-state index in [2.05, 4.69) is 55.3 Å². The summed E-state index contributed by atoms with van der Waals surface area (Å²) in [5, 5.41) is 4.02. The number of nitrogens with one attached hydrogen (secondary N) is 1. The second-order valence-electron chi connectivity index (χ2n) is 9.73. The molecule has 5 nitrogen and oxygen atoms in total. The second kappa shape index (κ2) is 13.7. The number of aromatic nitrogens is 1. The zero-order valence-corrected chi connectivity index (χ0v) is 21.8. The molecular weight excluding hydrogens is 434 g/mol. The number of urea groups is 1. The number of hydrogen-bond donors (Lipinski definition) is 1. The van der Waals surface area contributed by atoms with Crippen LogP contribution in [0.3, 0.4) is 0 Å². The lowest BCUT2D eigenvalue weighted by molar-refractivity contribution is 0.207. The zero-order chi connectivity index (χ0) is 25.0. The third kappa shape index (κ3) is 7.98. The van der Waals surface area contributed by atoms with Gasteiger partial charge in [0.1, 0.15) is 5.75 Å². The maximum Gasteiger partial charge on any atom is 0.322 e. The van der Waals surface area contributed by atoms with Gasteiger partial charge in [-0.25, -0.2) is 4.79 Å². The average Bonchev–Trinajstić information content (AvgIpc) is 2.87. The first-order valence-electron chi connectivity index (χ1n) is 13.1. The highest BCUT2D eigenvalue weighted by Crippen LogP contribution is 2.32. The van der Waals surface area contributed by atoms with Crippen molar-refractivity contribution in [1.82, 2.24) is 9.88 Å². The molecule has 0 radical (unpaired) electrons. The van der Waals surface area contributed by atoms with E-state index in [0.717, 1.165) is 42.3 Å². The van der Waals surface area contributed by atoms with E-state index >= 15 is 0 Å². The molecule has 0 spiro atoms. The Morgan fingerprint density at radius 2 is 1.74 bits per heavy atom. The highest BCUT2D eigenvalue weighted by atomic mass is 16.5. The molecule has 1 aromatic heterocycles. The molecule has 1 N–H and O–H groups in total. The van der Waals surface area contributed by atoms with Crippen LogP contribution in [0.5, 0.6) is 5.75 Å². The maximum absolute atomic E-state index is 13.5. The van der Waals surface area contributed by atoms with Crippen LogP contribution in [-0.2, 0) is 13.0 Å². The Morgan fingerprint density at radius 1 is 1.00 bits per heavy atom. The molecule has 0 aliphatic heterocycles. The lowest BCUT2D eigenvalue weighted by Gasteiger charge is -2.24. The molecule has 188 valence electrons. The van der Waals surface area contributed by atoms with Crippen LogP contribution in [0.4, 0.5) is 10.5 Å². The molecule has 0 unspecified atom stereocenters. The number of unbranched alkanes of at least 4 members (excludes halogenated alkanes) is 4. The van der Waals surface area contributed by atoms with Crippen molar-refractivity contribution in [2.75, 3.05) is 19.0 Å². The van der Waals surface area contributed by atoms with Crippen LogP contribution in [0.2, 0.25) is 0 Å². The van der Waals surface area contributed by atoms with Gasteiger partial charge in [-0.15, -0.1) is 0 Å². The van der Waals surface area contributed by atoms with Crippen molar-refractivity contribution >= 4 is 22.6 Å². The normalized spacial score (nSPS) is 11.1. The summed E-state index contributed by atoms with van der Waals surface area (Å²) in [4.78, 5) is 19.9. The average molecular weight is 476 g/mol. The van der Waals surface area contributed by atoms with Crippen molar-refractivity contribution in [1.29, 1.82) is 0 Å². The number of nitrogens with zero attached hydrogens (tertiary/aromatic N) is 2. The third-order valence-corrected chi connectivity index (χ3v) is 6.42. The largest absolute Gasteiger partial charge is 0.495 e. The molecule has 0 saturated carbocycles. The summed E-state index contributed by atoms with van der Waals surface area (Å²) < 4.78 is 5.57. The number of aryl methyl sites for hydroxylation is 1. The minimum atomic E-state index is -0.112. The molecule has 2 amide bonds. The second-order valence-corrected chi connectivity index (χ2v) is 9.73. The predicted molar refractivity (Wildman–Crippen MR) is 146 cm³/mol. The molecule has 3 rings (SSSR count). The summed E-state index contributed by atoms with van der Waals surface area (Å²) in [6, 6.07) is 16.2. The summed E-state index contributed by atoms with van der Waals surface area (Å²) in [5.74, 6) is 1.33. The van der Waals surface area contributed by atoms with Crippen LogP contribution in [0.1, 0.15) is 70.4 Å². The van der Waals surface area contributed by atoms with Gasteiger partial charge in [-0.05, 0) is 60.6 Å². The Kier molecular flexibility index (Phi) is 10.4. The molecule has 0 saturated heterocycles.